The second kappa shape index (κ2) is 2.00. The first-order chi connectivity index (χ1) is 3.79. The molecule has 0 bridgehead atoms. The quantitative estimate of drug-likeness (QED) is 0.515. The van der Waals surface area contributed by atoms with Gasteiger partial charge in [0.25, 0.3) is 0 Å². The molecule has 0 unspecified atom stereocenters. The molecule has 5 heteroatoms. The smallest absolute Gasteiger partial charge is 0.185 e. The molecule has 0 atom stereocenters. The van der Waals surface area contributed by atoms with E-state index in [2.05, 4.69) is 15.2 Å². The molecule has 1 heterocycles. The number of hydrogen-bond donors (Lipinski definition) is 0. The highest BCUT2D eigenvalue weighted by atomic mass is 35.5. The number of rotatable bonds is 0. The zero-order chi connectivity index (χ0) is 5.98. The molecule has 1 rings (SSSR count). The standard InChI is InChI=1S/C3ClFN3/c4-3-7-2(5)1-6-8-3. The van der Waals surface area contributed by atoms with Gasteiger partial charge in [0.1, 0.15) is 0 Å². The lowest BCUT2D eigenvalue weighted by atomic mass is 10.9. The molecule has 1 aromatic heterocycles. The van der Waals surface area contributed by atoms with Gasteiger partial charge in [-0.05, 0) is 11.6 Å². The van der Waals surface area contributed by atoms with Crippen molar-refractivity contribution in [2.24, 2.45) is 0 Å². The monoisotopic (exact) mass is 132 g/mol. The third-order valence-electron chi connectivity index (χ3n) is 0.465. The normalized spacial score (nSPS) is 9.25. The van der Waals surface area contributed by atoms with Crippen LogP contribution in [0.15, 0.2) is 0 Å². The minimum absolute atomic E-state index is 0.207. The Morgan fingerprint density at radius 1 is 1.62 bits per heavy atom. The predicted molar refractivity (Wildman–Crippen MR) is 23.6 cm³/mol. The summed E-state index contributed by atoms with van der Waals surface area (Å²) in [5.74, 6) is -0.843. The van der Waals surface area contributed by atoms with E-state index in [-0.39, 0.29) is 5.28 Å². The lowest BCUT2D eigenvalue weighted by Crippen LogP contribution is -1.89. The van der Waals surface area contributed by atoms with E-state index in [1.807, 2.05) is 6.20 Å². The molecule has 0 saturated carbocycles. The molecule has 0 aliphatic rings. The summed E-state index contributed by atoms with van der Waals surface area (Å²) in [5, 5.41) is 5.98. The molecule has 8 heavy (non-hydrogen) atoms. The fraction of sp³-hybridized carbons (Fsp3) is 0. The molecule has 0 aromatic carbocycles. The van der Waals surface area contributed by atoms with Crippen LogP contribution < -0.4 is 0 Å². The lowest BCUT2D eigenvalue weighted by Gasteiger charge is -1.81. The van der Waals surface area contributed by atoms with Crippen LogP contribution in [0.5, 0.6) is 0 Å². The molecular weight excluding hydrogens is 133 g/mol. The number of nitrogens with zero attached hydrogens (tertiary/aromatic N) is 3. The first-order valence-corrected chi connectivity index (χ1v) is 2.10. The van der Waals surface area contributed by atoms with E-state index in [0.717, 1.165) is 0 Å². The van der Waals surface area contributed by atoms with E-state index < -0.39 is 5.95 Å². The van der Waals surface area contributed by atoms with Gasteiger partial charge in [0, 0.05) is 0 Å². The molecule has 41 valence electrons. The lowest BCUT2D eigenvalue weighted by molar-refractivity contribution is 0.564. The van der Waals surface area contributed by atoms with Crippen molar-refractivity contribution in [3.8, 4) is 0 Å². The van der Waals surface area contributed by atoms with Crippen molar-refractivity contribution in [1.82, 2.24) is 15.2 Å². The first kappa shape index (κ1) is 5.37. The van der Waals surface area contributed by atoms with Gasteiger partial charge >= 0.3 is 0 Å². The van der Waals surface area contributed by atoms with Crippen LogP contribution in [0, 0.1) is 12.1 Å². The molecule has 0 aliphatic heterocycles. The largest absolute Gasteiger partial charge is 0.246 e. The van der Waals surface area contributed by atoms with Gasteiger partial charge in [-0.2, -0.15) is 9.37 Å². The number of halogens is 2. The van der Waals surface area contributed by atoms with Crippen molar-refractivity contribution in [1.29, 1.82) is 0 Å². The second-order valence-corrected chi connectivity index (χ2v) is 1.32. The number of hydrogen-bond acceptors (Lipinski definition) is 3. The van der Waals surface area contributed by atoms with Crippen LogP contribution >= 0.6 is 11.6 Å². The minimum atomic E-state index is -0.843. The highest BCUT2D eigenvalue weighted by molar-refractivity contribution is 6.28. The van der Waals surface area contributed by atoms with Crippen LogP contribution in [-0.4, -0.2) is 15.2 Å². The third kappa shape index (κ3) is 1.10. The van der Waals surface area contributed by atoms with Crippen molar-refractivity contribution < 1.29 is 4.39 Å². The maximum Gasteiger partial charge on any atom is 0.246 e. The Balaban J connectivity index is 3.08. The van der Waals surface area contributed by atoms with Crippen molar-refractivity contribution >= 4 is 11.6 Å². The highest BCUT2D eigenvalue weighted by Gasteiger charge is 1.92. The van der Waals surface area contributed by atoms with Crippen LogP contribution in [-0.2, 0) is 0 Å². The molecule has 1 aromatic rings. The molecule has 0 fully saturated rings. The summed E-state index contributed by atoms with van der Waals surface area (Å²) in [4.78, 5) is 3.04. The molecule has 1 radical (unpaired) electrons. The van der Waals surface area contributed by atoms with E-state index in [1.54, 1.807) is 0 Å². The van der Waals surface area contributed by atoms with Crippen LogP contribution in [0.1, 0.15) is 0 Å². The Kier molecular flexibility index (Phi) is 1.34. The van der Waals surface area contributed by atoms with Gasteiger partial charge in [-0.3, -0.25) is 0 Å². The fourth-order valence-electron chi connectivity index (χ4n) is 0.236. The van der Waals surface area contributed by atoms with Crippen molar-refractivity contribution in [2.45, 2.75) is 0 Å². The maximum atomic E-state index is 11.8. The summed E-state index contributed by atoms with van der Waals surface area (Å²) < 4.78 is 11.8. The molecular formula is C3ClFN3. The van der Waals surface area contributed by atoms with Crippen LogP contribution in [0.4, 0.5) is 4.39 Å². The van der Waals surface area contributed by atoms with Gasteiger partial charge < -0.3 is 0 Å². The summed E-state index contributed by atoms with van der Waals surface area (Å²) in [6, 6.07) is 0. The first-order valence-electron chi connectivity index (χ1n) is 1.72. The van der Waals surface area contributed by atoms with E-state index in [0.29, 0.717) is 0 Å². The molecule has 0 amide bonds. The topological polar surface area (TPSA) is 38.7 Å². The van der Waals surface area contributed by atoms with E-state index >= 15 is 0 Å². The molecule has 3 nitrogen and oxygen atoms in total. The maximum absolute atomic E-state index is 11.8. The van der Waals surface area contributed by atoms with Gasteiger partial charge in [0.05, 0.1) is 0 Å². The number of aromatic nitrogens is 3. The van der Waals surface area contributed by atoms with Crippen LogP contribution in [0.3, 0.4) is 0 Å². The summed E-state index contributed by atoms with van der Waals surface area (Å²) in [6.45, 7) is 0. The fourth-order valence-corrected chi connectivity index (χ4v) is 0.348. The zero-order valence-corrected chi connectivity index (χ0v) is 4.35. The van der Waals surface area contributed by atoms with Gasteiger partial charge in [0.2, 0.25) is 11.2 Å². The van der Waals surface area contributed by atoms with Gasteiger partial charge in [-0.15, -0.1) is 10.2 Å². The molecule has 0 N–H and O–H groups in total. The summed E-state index contributed by atoms with van der Waals surface area (Å²) in [5.41, 5.74) is 0. The Hall–Kier alpha value is -0.770. The van der Waals surface area contributed by atoms with E-state index in [1.165, 1.54) is 0 Å². The Labute approximate surface area is 49.5 Å². The minimum Gasteiger partial charge on any atom is -0.185 e. The van der Waals surface area contributed by atoms with E-state index in [4.69, 9.17) is 11.6 Å². The summed E-state index contributed by atoms with van der Waals surface area (Å²) in [7, 11) is 0. The van der Waals surface area contributed by atoms with E-state index in [9.17, 15) is 4.39 Å². The molecule has 0 spiro atoms. The predicted octanol–water partition coefficient (Wildman–Crippen LogP) is 0.464. The van der Waals surface area contributed by atoms with Crippen LogP contribution in [0.25, 0.3) is 0 Å². The summed E-state index contributed by atoms with van der Waals surface area (Å²) >= 11 is 5.10. The zero-order valence-electron chi connectivity index (χ0n) is 3.60. The van der Waals surface area contributed by atoms with Crippen molar-refractivity contribution in [2.75, 3.05) is 0 Å². The van der Waals surface area contributed by atoms with Crippen molar-refractivity contribution in [3.63, 3.8) is 0 Å². The van der Waals surface area contributed by atoms with Gasteiger partial charge in [-0.1, -0.05) is 0 Å². The van der Waals surface area contributed by atoms with Gasteiger partial charge in [0.15, 0.2) is 6.20 Å². The Bertz CT molecular complexity index is 174. The Morgan fingerprint density at radius 3 is 2.75 bits per heavy atom. The highest BCUT2D eigenvalue weighted by Crippen LogP contribution is 1.94. The van der Waals surface area contributed by atoms with Gasteiger partial charge in [-0.25, -0.2) is 0 Å². The SMILES string of the molecule is Fc1[c]nnc(Cl)n1. The summed E-state index contributed by atoms with van der Waals surface area (Å²) in [6.07, 6.45) is 1.85. The second-order valence-electron chi connectivity index (χ2n) is 0.983. The molecule has 0 aliphatic carbocycles. The van der Waals surface area contributed by atoms with Crippen molar-refractivity contribution in [3.05, 3.63) is 17.4 Å². The molecule has 0 saturated heterocycles. The average Bonchev–Trinajstić information content (AvgIpc) is 1.64. The Morgan fingerprint density at radius 2 is 2.38 bits per heavy atom. The van der Waals surface area contributed by atoms with Crippen LogP contribution in [0.2, 0.25) is 5.28 Å². The average molecular weight is 133 g/mol. The third-order valence-corrected chi connectivity index (χ3v) is 0.625.